The van der Waals surface area contributed by atoms with E-state index >= 15 is 0 Å². The molecule has 0 aliphatic carbocycles. The molecule has 5 rings (SSSR count). The van der Waals surface area contributed by atoms with Crippen molar-refractivity contribution < 1.29 is 23.8 Å². The molecule has 3 atom stereocenters. The van der Waals surface area contributed by atoms with Crippen LogP contribution in [0.1, 0.15) is 40.3 Å². The summed E-state index contributed by atoms with van der Waals surface area (Å²) in [4.78, 5) is 31.2. The second-order valence-corrected chi connectivity index (χ2v) is 11.2. The molecule has 1 aliphatic rings. The number of ketones is 1. The maximum absolute atomic E-state index is 14.1. The highest BCUT2D eigenvalue weighted by Gasteiger charge is 2.33. The fourth-order valence-electron chi connectivity index (χ4n) is 5.74. The number of Topliss-reactive ketones (excluding diaryl/α,β-unsaturated/α-hetero) is 1. The minimum absolute atomic E-state index is 0.0404. The van der Waals surface area contributed by atoms with E-state index in [-0.39, 0.29) is 24.4 Å². The molecule has 3 aromatic carbocycles. The van der Waals surface area contributed by atoms with Crippen LogP contribution in [0.3, 0.4) is 0 Å². The molecule has 9 nitrogen and oxygen atoms in total. The summed E-state index contributed by atoms with van der Waals surface area (Å²) >= 11 is 0. The highest BCUT2D eigenvalue weighted by Crippen LogP contribution is 2.30. The third-order valence-corrected chi connectivity index (χ3v) is 8.07. The molecular weight excluding hydrogens is 580 g/mol. The molecule has 0 radical (unpaired) electrons. The van der Waals surface area contributed by atoms with Crippen LogP contribution >= 0.6 is 0 Å². The van der Waals surface area contributed by atoms with Crippen LogP contribution in [0.2, 0.25) is 0 Å². The number of benzene rings is 3. The summed E-state index contributed by atoms with van der Waals surface area (Å²) < 4.78 is 17.2. The lowest BCUT2D eigenvalue weighted by molar-refractivity contribution is -0.120. The zero-order valence-corrected chi connectivity index (χ0v) is 25.8. The Hall–Kier alpha value is -5.04. The van der Waals surface area contributed by atoms with Crippen LogP contribution in [-0.4, -0.2) is 61.9 Å². The van der Waals surface area contributed by atoms with Gasteiger partial charge in [0.2, 0.25) is 0 Å². The molecule has 2 heterocycles. The number of nitrogens with one attached hydrogen (secondary N) is 2. The number of pyridine rings is 1. The molecule has 236 valence electrons. The molecule has 46 heavy (non-hydrogen) atoms. The Morgan fingerprint density at radius 1 is 0.957 bits per heavy atom. The van der Waals surface area contributed by atoms with Gasteiger partial charge in [-0.05, 0) is 59.9 Å². The third-order valence-electron chi connectivity index (χ3n) is 8.07. The maximum atomic E-state index is 14.1. The van der Waals surface area contributed by atoms with Gasteiger partial charge >= 0.3 is 6.09 Å². The van der Waals surface area contributed by atoms with Gasteiger partial charge in [0.1, 0.15) is 24.5 Å². The van der Waals surface area contributed by atoms with Gasteiger partial charge < -0.3 is 24.8 Å². The van der Waals surface area contributed by atoms with Crippen LogP contribution in [0.25, 0.3) is 0 Å². The van der Waals surface area contributed by atoms with Crippen molar-refractivity contribution in [3.63, 3.8) is 0 Å². The lowest BCUT2D eigenvalue weighted by Gasteiger charge is -2.31. The highest BCUT2D eigenvalue weighted by molar-refractivity contribution is 5.90. The average molecular weight is 619 g/mol. The summed E-state index contributed by atoms with van der Waals surface area (Å²) in [5.74, 6) is 0.0983. The number of nitriles is 1. The first kappa shape index (κ1) is 32.4. The Morgan fingerprint density at radius 3 is 2.28 bits per heavy atom. The van der Waals surface area contributed by atoms with Crippen molar-refractivity contribution in [1.29, 1.82) is 5.26 Å². The lowest BCUT2D eigenvalue weighted by Crippen LogP contribution is -2.47. The van der Waals surface area contributed by atoms with Crippen molar-refractivity contribution in [2.75, 3.05) is 26.8 Å². The number of alkyl carbamates (subject to hydrolysis) is 1. The van der Waals surface area contributed by atoms with Gasteiger partial charge in [-0.3, -0.25) is 9.78 Å². The quantitative estimate of drug-likeness (QED) is 0.215. The van der Waals surface area contributed by atoms with Crippen molar-refractivity contribution in [3.8, 4) is 11.8 Å². The van der Waals surface area contributed by atoms with Gasteiger partial charge in [-0.1, -0.05) is 66.7 Å². The minimum Gasteiger partial charge on any atom is -0.491 e. The Morgan fingerprint density at radius 2 is 1.63 bits per heavy atom. The van der Waals surface area contributed by atoms with Gasteiger partial charge in [0.25, 0.3) is 0 Å². The van der Waals surface area contributed by atoms with Gasteiger partial charge in [0.05, 0.1) is 37.0 Å². The molecule has 2 N–H and O–H groups in total. The number of amides is 1. The van der Waals surface area contributed by atoms with E-state index in [1.807, 2.05) is 72.8 Å². The van der Waals surface area contributed by atoms with Crippen LogP contribution in [-0.2, 0) is 27.1 Å². The second kappa shape index (κ2) is 16.3. The summed E-state index contributed by atoms with van der Waals surface area (Å²) in [6.45, 7) is 1.78. The molecule has 1 amide bonds. The van der Waals surface area contributed by atoms with E-state index in [9.17, 15) is 9.59 Å². The average Bonchev–Trinajstić information content (AvgIpc) is 3.11. The molecule has 0 saturated carbocycles. The summed E-state index contributed by atoms with van der Waals surface area (Å²) in [6, 6.07) is 31.5. The van der Waals surface area contributed by atoms with E-state index in [0.717, 1.165) is 23.1 Å². The van der Waals surface area contributed by atoms with E-state index < -0.39 is 18.1 Å². The number of rotatable bonds is 13. The van der Waals surface area contributed by atoms with Gasteiger partial charge in [0.15, 0.2) is 5.78 Å². The first-order chi connectivity index (χ1) is 22.5. The van der Waals surface area contributed by atoms with E-state index in [1.54, 1.807) is 30.5 Å². The summed E-state index contributed by atoms with van der Waals surface area (Å²) in [5, 5.41) is 15.3. The van der Waals surface area contributed by atoms with Crippen molar-refractivity contribution in [1.82, 2.24) is 15.6 Å². The Bertz CT molecular complexity index is 1570. The molecule has 0 unspecified atom stereocenters. The fourth-order valence-corrected chi connectivity index (χ4v) is 5.74. The molecule has 0 spiro atoms. The van der Waals surface area contributed by atoms with Crippen molar-refractivity contribution in [2.24, 2.45) is 0 Å². The molecule has 1 fully saturated rings. The van der Waals surface area contributed by atoms with Crippen molar-refractivity contribution >= 4 is 11.9 Å². The third kappa shape index (κ3) is 8.78. The fraction of sp³-hybridized carbons (Fsp3) is 0.297. The number of morpholine rings is 1. The van der Waals surface area contributed by atoms with Gasteiger partial charge in [0, 0.05) is 25.2 Å². The Labute approximate surface area is 269 Å². The zero-order chi connectivity index (χ0) is 32.1. The van der Waals surface area contributed by atoms with Gasteiger partial charge in [-0.15, -0.1) is 0 Å². The van der Waals surface area contributed by atoms with Crippen LogP contribution in [0, 0.1) is 11.3 Å². The zero-order valence-electron chi connectivity index (χ0n) is 25.8. The molecule has 1 saturated heterocycles. The SMILES string of the molecule is COC(=O)N[C@H](C(=O)Cc1ncccc1CC[C@@H]1CNC[C@@H](COc2ccc(C#N)cc2)O1)C(c1ccccc1)c1ccccc1. The summed E-state index contributed by atoms with van der Waals surface area (Å²) in [7, 11) is 1.29. The number of hydrogen-bond donors (Lipinski definition) is 2. The molecule has 0 bridgehead atoms. The van der Waals surface area contributed by atoms with Crippen molar-refractivity contribution in [2.45, 2.75) is 43.4 Å². The summed E-state index contributed by atoms with van der Waals surface area (Å²) in [6.07, 6.45) is 2.30. The predicted molar refractivity (Wildman–Crippen MR) is 174 cm³/mol. The standard InChI is InChI=1S/C37H38N4O5/c1-44-37(43)41-36(35(28-9-4-2-5-10-28)29-11-6-3-7-12-29)34(42)21-33-27(13-8-20-40-33)16-19-31-23-39-24-32(46-31)25-45-30-17-14-26(22-38)15-18-30/h2-15,17-18,20,31-32,35-36,39H,16,19,21,23-25H2,1H3,(H,41,43)/t31-,32+,36-/m1/s1. The number of carbonyl (C=O) groups is 2. The van der Waals surface area contributed by atoms with Crippen LogP contribution < -0.4 is 15.4 Å². The van der Waals surface area contributed by atoms with E-state index in [2.05, 4.69) is 21.7 Å². The van der Waals surface area contributed by atoms with Crippen LogP contribution in [0.4, 0.5) is 4.79 Å². The number of aromatic nitrogens is 1. The molecule has 1 aromatic heterocycles. The Kier molecular flexibility index (Phi) is 11.5. The van der Waals surface area contributed by atoms with Crippen LogP contribution in [0.5, 0.6) is 5.75 Å². The molecule has 9 heteroatoms. The predicted octanol–water partition coefficient (Wildman–Crippen LogP) is 4.99. The van der Waals surface area contributed by atoms with Crippen molar-refractivity contribution in [3.05, 3.63) is 131 Å². The van der Waals surface area contributed by atoms with Gasteiger partial charge in [-0.2, -0.15) is 5.26 Å². The topological polar surface area (TPSA) is 123 Å². The largest absolute Gasteiger partial charge is 0.491 e. The maximum Gasteiger partial charge on any atom is 0.407 e. The number of carbonyl (C=O) groups excluding carboxylic acids is 2. The molecular formula is C37H38N4O5. The highest BCUT2D eigenvalue weighted by atomic mass is 16.5. The number of hydrogen-bond acceptors (Lipinski definition) is 8. The molecule has 4 aromatic rings. The number of aryl methyl sites for hydroxylation is 1. The molecule has 1 aliphatic heterocycles. The summed E-state index contributed by atoms with van der Waals surface area (Å²) in [5.41, 5.74) is 4.03. The number of methoxy groups -OCH3 is 1. The smallest absolute Gasteiger partial charge is 0.407 e. The van der Waals surface area contributed by atoms with E-state index in [0.29, 0.717) is 43.1 Å². The first-order valence-corrected chi connectivity index (χ1v) is 15.4. The second-order valence-electron chi connectivity index (χ2n) is 11.2. The van der Waals surface area contributed by atoms with Crippen LogP contribution in [0.15, 0.2) is 103 Å². The Balaban J connectivity index is 1.26. The normalized spacial score (nSPS) is 16.6. The van der Waals surface area contributed by atoms with E-state index in [1.165, 1.54) is 7.11 Å². The number of ether oxygens (including phenoxy) is 3. The lowest BCUT2D eigenvalue weighted by atomic mass is 9.82. The first-order valence-electron chi connectivity index (χ1n) is 15.4. The minimum atomic E-state index is -0.880. The van der Waals surface area contributed by atoms with E-state index in [4.69, 9.17) is 19.5 Å². The van der Waals surface area contributed by atoms with Gasteiger partial charge in [-0.25, -0.2) is 4.79 Å². The number of nitrogens with zero attached hydrogens (tertiary/aromatic N) is 2. The monoisotopic (exact) mass is 618 g/mol.